The Hall–Kier alpha value is -3.45. The summed E-state index contributed by atoms with van der Waals surface area (Å²) in [6.07, 6.45) is 1.57. The van der Waals surface area contributed by atoms with Crippen LogP contribution in [-0.2, 0) is 9.59 Å². The molecule has 0 bridgehead atoms. The normalized spacial score (nSPS) is 19.4. The van der Waals surface area contributed by atoms with Gasteiger partial charge in [-0.2, -0.15) is 0 Å². The second kappa shape index (κ2) is 10.3. The molecule has 1 unspecified atom stereocenters. The van der Waals surface area contributed by atoms with Crippen molar-refractivity contribution in [1.29, 1.82) is 0 Å². The number of fused-ring (bicyclic) bond motifs is 2. The lowest BCUT2D eigenvalue weighted by Gasteiger charge is -2.42. The molecule has 2 aliphatic rings. The maximum atomic E-state index is 13.8. The van der Waals surface area contributed by atoms with Crippen LogP contribution in [-0.4, -0.2) is 83.8 Å². The predicted octanol–water partition coefficient (Wildman–Crippen LogP) is 3.27. The van der Waals surface area contributed by atoms with Crippen LogP contribution in [0.1, 0.15) is 37.0 Å². The van der Waals surface area contributed by atoms with Gasteiger partial charge in [-0.05, 0) is 54.3 Å². The van der Waals surface area contributed by atoms with Gasteiger partial charge in [-0.3, -0.25) is 19.3 Å². The Morgan fingerprint density at radius 3 is 2.11 bits per heavy atom. The highest BCUT2D eigenvalue weighted by Crippen LogP contribution is 2.30. The van der Waals surface area contributed by atoms with Gasteiger partial charge in [0, 0.05) is 38.8 Å². The molecular weight excluding hydrogens is 452 g/mol. The van der Waals surface area contributed by atoms with E-state index in [0.717, 1.165) is 39.9 Å². The van der Waals surface area contributed by atoms with E-state index >= 15 is 0 Å². The van der Waals surface area contributed by atoms with E-state index in [9.17, 15) is 14.4 Å². The number of carbonyl (C=O) groups is 3. The number of hydrogen-bond acceptors (Lipinski definition) is 4. The fourth-order valence-electron chi connectivity index (χ4n) is 5.78. The number of hydrogen-bond donors (Lipinski definition) is 1. The molecule has 0 spiro atoms. The van der Waals surface area contributed by atoms with Gasteiger partial charge >= 0.3 is 0 Å². The molecule has 36 heavy (non-hydrogen) atoms. The molecule has 0 saturated carbocycles. The fraction of sp³-hybridized carbons (Fsp3) is 0.414. The van der Waals surface area contributed by atoms with E-state index in [-0.39, 0.29) is 23.8 Å². The maximum Gasteiger partial charge on any atom is 0.255 e. The van der Waals surface area contributed by atoms with Crippen molar-refractivity contribution >= 4 is 39.3 Å². The van der Waals surface area contributed by atoms with E-state index in [4.69, 9.17) is 0 Å². The fourth-order valence-corrected chi connectivity index (χ4v) is 5.78. The molecule has 1 atom stereocenters. The van der Waals surface area contributed by atoms with Crippen LogP contribution < -0.4 is 5.32 Å². The van der Waals surface area contributed by atoms with Crippen molar-refractivity contribution in [3.05, 3.63) is 60.2 Å². The monoisotopic (exact) mass is 486 g/mol. The average Bonchev–Trinajstić information content (AvgIpc) is 2.91. The van der Waals surface area contributed by atoms with Crippen LogP contribution >= 0.6 is 0 Å². The standard InChI is InChI=1S/C29H34N4O3/c1-3-31(4-2)28(35)25-18-33(19-26(34)30-25)22-13-15-32(16-14-22)29(36)27-23-11-7-5-9-20(23)17-21-10-6-8-12-24(21)27/h5-12,17,22,25H,3-4,13-16,18-19H2,1-2H3,(H,30,34). The third-order valence-electron chi connectivity index (χ3n) is 7.73. The summed E-state index contributed by atoms with van der Waals surface area (Å²) < 4.78 is 0. The first-order valence-corrected chi connectivity index (χ1v) is 13.0. The summed E-state index contributed by atoms with van der Waals surface area (Å²) in [6.45, 7) is 7.26. The SMILES string of the molecule is CCN(CC)C(=O)C1CN(C2CCN(C(=O)c3c4ccccc4cc4ccccc34)CC2)CC(=O)N1. The van der Waals surface area contributed by atoms with Crippen molar-refractivity contribution < 1.29 is 14.4 Å². The molecule has 0 aliphatic carbocycles. The van der Waals surface area contributed by atoms with E-state index in [0.29, 0.717) is 39.3 Å². The number of rotatable bonds is 5. The van der Waals surface area contributed by atoms with Crippen LogP contribution in [0.25, 0.3) is 21.5 Å². The van der Waals surface area contributed by atoms with Crippen molar-refractivity contribution in [3.8, 4) is 0 Å². The molecule has 2 saturated heterocycles. The van der Waals surface area contributed by atoms with Gasteiger partial charge in [-0.25, -0.2) is 0 Å². The van der Waals surface area contributed by atoms with Crippen LogP contribution in [0.2, 0.25) is 0 Å². The highest BCUT2D eigenvalue weighted by Gasteiger charge is 2.36. The summed E-state index contributed by atoms with van der Waals surface area (Å²) in [7, 11) is 0. The van der Waals surface area contributed by atoms with Crippen LogP contribution in [0.5, 0.6) is 0 Å². The molecule has 2 aliphatic heterocycles. The summed E-state index contributed by atoms with van der Waals surface area (Å²) in [4.78, 5) is 45.0. The molecule has 1 N–H and O–H groups in total. The van der Waals surface area contributed by atoms with Crippen LogP contribution in [0.4, 0.5) is 0 Å². The number of nitrogens with zero attached hydrogens (tertiary/aromatic N) is 3. The Bertz CT molecular complexity index is 1240. The lowest BCUT2D eigenvalue weighted by molar-refractivity contribution is -0.140. The van der Waals surface area contributed by atoms with Crippen LogP contribution in [0.3, 0.4) is 0 Å². The molecule has 0 radical (unpaired) electrons. The second-order valence-electron chi connectivity index (χ2n) is 9.78. The van der Waals surface area contributed by atoms with Gasteiger partial charge < -0.3 is 15.1 Å². The first-order chi connectivity index (χ1) is 17.5. The Balaban J connectivity index is 1.32. The van der Waals surface area contributed by atoms with Gasteiger partial charge in [0.2, 0.25) is 11.8 Å². The molecular formula is C29H34N4O3. The summed E-state index contributed by atoms with van der Waals surface area (Å²) in [5, 5.41) is 6.98. The molecule has 3 aromatic carbocycles. The third kappa shape index (κ3) is 4.55. The molecule has 3 amide bonds. The predicted molar refractivity (Wildman–Crippen MR) is 142 cm³/mol. The Labute approximate surface area is 212 Å². The van der Waals surface area contributed by atoms with E-state index in [2.05, 4.69) is 28.4 Å². The molecule has 3 aromatic rings. The zero-order chi connectivity index (χ0) is 25.2. The number of benzene rings is 3. The quantitative estimate of drug-likeness (QED) is 0.562. The largest absolute Gasteiger partial charge is 0.342 e. The molecule has 0 aromatic heterocycles. The van der Waals surface area contributed by atoms with Crippen molar-refractivity contribution in [1.82, 2.24) is 20.0 Å². The van der Waals surface area contributed by atoms with Crippen molar-refractivity contribution in [2.45, 2.75) is 38.8 Å². The van der Waals surface area contributed by atoms with Crippen molar-refractivity contribution in [2.75, 3.05) is 39.3 Å². The zero-order valence-corrected chi connectivity index (χ0v) is 21.1. The van der Waals surface area contributed by atoms with Crippen LogP contribution in [0.15, 0.2) is 54.6 Å². The highest BCUT2D eigenvalue weighted by atomic mass is 16.2. The van der Waals surface area contributed by atoms with E-state index in [1.807, 2.05) is 55.1 Å². The number of likely N-dealkylation sites (N-methyl/N-ethyl adjacent to an activating group) is 1. The van der Waals surface area contributed by atoms with Crippen LogP contribution in [0, 0.1) is 0 Å². The molecule has 7 nitrogen and oxygen atoms in total. The highest BCUT2D eigenvalue weighted by molar-refractivity contribution is 6.18. The first-order valence-electron chi connectivity index (χ1n) is 13.0. The van der Waals surface area contributed by atoms with E-state index < -0.39 is 6.04 Å². The summed E-state index contributed by atoms with van der Waals surface area (Å²) in [5.41, 5.74) is 0.768. The lowest BCUT2D eigenvalue weighted by Crippen LogP contribution is -2.63. The third-order valence-corrected chi connectivity index (χ3v) is 7.73. The second-order valence-corrected chi connectivity index (χ2v) is 9.78. The van der Waals surface area contributed by atoms with Gasteiger partial charge in [-0.15, -0.1) is 0 Å². The molecule has 5 rings (SSSR count). The molecule has 2 heterocycles. The Kier molecular flexibility index (Phi) is 6.92. The van der Waals surface area contributed by atoms with Gasteiger partial charge in [-0.1, -0.05) is 48.5 Å². The number of nitrogens with one attached hydrogen (secondary N) is 1. The summed E-state index contributed by atoms with van der Waals surface area (Å²) in [6, 6.07) is 18.0. The van der Waals surface area contributed by atoms with Crippen molar-refractivity contribution in [2.24, 2.45) is 0 Å². The van der Waals surface area contributed by atoms with Crippen molar-refractivity contribution in [3.63, 3.8) is 0 Å². The number of amides is 3. The average molecular weight is 487 g/mol. The Morgan fingerprint density at radius 2 is 1.53 bits per heavy atom. The minimum Gasteiger partial charge on any atom is -0.342 e. The first kappa shape index (κ1) is 24.3. The maximum absolute atomic E-state index is 13.8. The smallest absolute Gasteiger partial charge is 0.255 e. The minimum absolute atomic E-state index is 0.0199. The molecule has 188 valence electrons. The van der Waals surface area contributed by atoms with Gasteiger partial charge in [0.15, 0.2) is 0 Å². The number of piperidine rings is 1. The Morgan fingerprint density at radius 1 is 0.944 bits per heavy atom. The lowest BCUT2D eigenvalue weighted by atomic mass is 9.94. The number of piperazine rings is 1. The molecule has 2 fully saturated rings. The zero-order valence-electron chi connectivity index (χ0n) is 21.1. The van der Waals surface area contributed by atoms with E-state index in [1.165, 1.54) is 0 Å². The topological polar surface area (TPSA) is 73.0 Å². The van der Waals surface area contributed by atoms with E-state index in [1.54, 1.807) is 4.90 Å². The molecule has 7 heteroatoms. The number of likely N-dealkylation sites (tertiary alicyclic amines) is 1. The summed E-state index contributed by atoms with van der Waals surface area (Å²) >= 11 is 0. The number of carbonyl (C=O) groups excluding carboxylic acids is 3. The van der Waals surface area contributed by atoms with Gasteiger partial charge in [0.05, 0.1) is 12.1 Å². The van der Waals surface area contributed by atoms with Gasteiger partial charge in [0.25, 0.3) is 5.91 Å². The minimum atomic E-state index is -0.507. The summed E-state index contributed by atoms with van der Waals surface area (Å²) in [5.74, 6) is -0.0617. The van der Waals surface area contributed by atoms with Gasteiger partial charge in [0.1, 0.15) is 6.04 Å².